The molecule has 0 bridgehead atoms. The third-order valence-corrected chi connectivity index (χ3v) is 5.45. The summed E-state index contributed by atoms with van der Waals surface area (Å²) < 4.78 is 13.8. The maximum atomic E-state index is 5.32. The number of benzene rings is 3. The van der Waals surface area contributed by atoms with Crippen LogP contribution in [0.1, 0.15) is 0 Å². The van der Waals surface area contributed by atoms with Crippen LogP contribution in [0.15, 0.2) is 77.3 Å². The van der Waals surface area contributed by atoms with Gasteiger partial charge in [0.15, 0.2) is 0 Å². The Morgan fingerprint density at radius 1 is 0.690 bits per heavy atom. The van der Waals surface area contributed by atoms with Crippen molar-refractivity contribution in [3.8, 4) is 45.4 Å². The molecule has 0 fully saturated rings. The minimum absolute atomic E-state index is 0.823. The smallest absolute Gasteiger partial charge is 0.140 e. The van der Waals surface area contributed by atoms with Crippen LogP contribution in [0, 0.1) is 0 Å². The predicted octanol–water partition coefficient (Wildman–Crippen LogP) is 6.20. The number of rotatable bonds is 5. The monoisotopic (exact) mass is 448 g/mol. The molecule has 1 heterocycles. The first kappa shape index (κ1) is 19.3. The highest BCUT2D eigenvalue weighted by Gasteiger charge is 2.19. The van der Waals surface area contributed by atoms with Crippen LogP contribution in [0.25, 0.3) is 33.9 Å². The molecule has 1 aromatic heterocycles. The normalized spacial score (nSPS) is 10.8. The van der Waals surface area contributed by atoms with Gasteiger partial charge in [0.2, 0.25) is 0 Å². The third kappa shape index (κ3) is 3.78. The molecule has 0 saturated heterocycles. The summed E-state index contributed by atoms with van der Waals surface area (Å²) in [4.78, 5) is 5.03. The minimum Gasteiger partial charge on any atom is -0.497 e. The third-order valence-electron chi connectivity index (χ3n) is 4.92. The molecule has 4 nitrogen and oxygen atoms in total. The maximum Gasteiger partial charge on any atom is 0.140 e. The van der Waals surface area contributed by atoms with Crippen molar-refractivity contribution in [2.24, 2.45) is 7.05 Å². The largest absolute Gasteiger partial charge is 0.497 e. The molecule has 29 heavy (non-hydrogen) atoms. The average molecular weight is 449 g/mol. The topological polar surface area (TPSA) is 36.3 Å². The Hall–Kier alpha value is -3.05. The van der Waals surface area contributed by atoms with Crippen LogP contribution >= 0.6 is 15.9 Å². The second-order valence-electron chi connectivity index (χ2n) is 6.66. The molecule has 4 aromatic rings. The molecule has 5 heteroatoms. The van der Waals surface area contributed by atoms with Gasteiger partial charge >= 0.3 is 0 Å². The summed E-state index contributed by atoms with van der Waals surface area (Å²) in [5, 5.41) is 0. The molecule has 0 unspecified atom stereocenters. The van der Waals surface area contributed by atoms with E-state index in [1.807, 2.05) is 48.5 Å². The molecular formula is C24H21BrN2O2. The number of imidazole rings is 1. The van der Waals surface area contributed by atoms with Crippen molar-refractivity contribution < 1.29 is 9.47 Å². The van der Waals surface area contributed by atoms with Crippen LogP contribution in [0.3, 0.4) is 0 Å². The lowest BCUT2D eigenvalue weighted by Crippen LogP contribution is -1.96. The number of hydrogen-bond donors (Lipinski definition) is 0. The first-order valence-corrected chi connectivity index (χ1v) is 10.0. The second-order valence-corrected chi connectivity index (χ2v) is 7.57. The Kier molecular flexibility index (Phi) is 5.41. The van der Waals surface area contributed by atoms with E-state index in [9.17, 15) is 0 Å². The van der Waals surface area contributed by atoms with Gasteiger partial charge in [-0.3, -0.25) is 0 Å². The Balaban J connectivity index is 1.91. The molecular weight excluding hydrogens is 428 g/mol. The van der Waals surface area contributed by atoms with Crippen molar-refractivity contribution in [2.45, 2.75) is 0 Å². The highest BCUT2D eigenvalue weighted by molar-refractivity contribution is 9.10. The number of hydrogen-bond acceptors (Lipinski definition) is 3. The standard InChI is InChI=1S/C24H21BrN2O2/c1-27-23(17-8-14-21(29-3)15-9-17)22(16-6-12-20(28-2)13-7-16)26-24(27)18-4-10-19(25)11-5-18/h4-15H,1-3H3. The molecule has 0 N–H and O–H groups in total. The van der Waals surface area contributed by atoms with E-state index in [-0.39, 0.29) is 0 Å². The van der Waals surface area contributed by atoms with Crippen molar-refractivity contribution in [1.29, 1.82) is 0 Å². The summed E-state index contributed by atoms with van der Waals surface area (Å²) in [6.07, 6.45) is 0. The number of methoxy groups -OCH3 is 2. The van der Waals surface area contributed by atoms with E-state index in [1.165, 1.54) is 0 Å². The van der Waals surface area contributed by atoms with Gasteiger partial charge in [-0.25, -0.2) is 4.98 Å². The number of aromatic nitrogens is 2. The van der Waals surface area contributed by atoms with E-state index in [1.54, 1.807) is 14.2 Å². The van der Waals surface area contributed by atoms with Gasteiger partial charge in [-0.1, -0.05) is 28.1 Å². The van der Waals surface area contributed by atoms with Crippen molar-refractivity contribution in [3.05, 3.63) is 77.3 Å². The first-order chi connectivity index (χ1) is 14.1. The highest BCUT2D eigenvalue weighted by Crippen LogP contribution is 2.36. The van der Waals surface area contributed by atoms with Crippen LogP contribution in [0.4, 0.5) is 0 Å². The molecule has 0 aliphatic heterocycles. The fraction of sp³-hybridized carbons (Fsp3) is 0.125. The molecule has 146 valence electrons. The summed E-state index contributed by atoms with van der Waals surface area (Å²) >= 11 is 3.51. The minimum atomic E-state index is 0.823. The molecule has 4 rings (SSSR count). The van der Waals surface area contributed by atoms with E-state index < -0.39 is 0 Å². The van der Waals surface area contributed by atoms with Crippen LogP contribution in [-0.2, 0) is 7.05 Å². The highest BCUT2D eigenvalue weighted by atomic mass is 79.9. The van der Waals surface area contributed by atoms with Crippen molar-refractivity contribution in [1.82, 2.24) is 9.55 Å². The molecule has 0 atom stereocenters. The Labute approximate surface area is 178 Å². The predicted molar refractivity (Wildman–Crippen MR) is 120 cm³/mol. The van der Waals surface area contributed by atoms with Gasteiger partial charge < -0.3 is 14.0 Å². The van der Waals surface area contributed by atoms with Gasteiger partial charge in [-0.05, 0) is 60.7 Å². The van der Waals surface area contributed by atoms with E-state index >= 15 is 0 Å². The number of nitrogens with zero attached hydrogens (tertiary/aromatic N) is 2. The fourth-order valence-corrected chi connectivity index (χ4v) is 3.65. The lowest BCUT2D eigenvalue weighted by molar-refractivity contribution is 0.414. The molecule has 0 amide bonds. The zero-order valence-corrected chi connectivity index (χ0v) is 18.1. The molecule has 0 spiro atoms. The summed E-state index contributed by atoms with van der Waals surface area (Å²) in [6.45, 7) is 0. The summed E-state index contributed by atoms with van der Waals surface area (Å²) in [6, 6.07) is 24.3. The van der Waals surface area contributed by atoms with E-state index in [2.05, 4.69) is 51.8 Å². The van der Waals surface area contributed by atoms with Gasteiger partial charge in [0, 0.05) is 28.2 Å². The number of halogens is 1. The van der Waals surface area contributed by atoms with E-state index in [0.29, 0.717) is 0 Å². The molecule has 3 aromatic carbocycles. The zero-order chi connectivity index (χ0) is 20.4. The first-order valence-electron chi connectivity index (χ1n) is 9.22. The Bertz CT molecular complexity index is 1120. The van der Waals surface area contributed by atoms with Crippen LogP contribution in [0.5, 0.6) is 11.5 Å². The quantitative estimate of drug-likeness (QED) is 0.364. The second kappa shape index (κ2) is 8.13. The molecule has 0 aliphatic carbocycles. The van der Waals surface area contributed by atoms with Crippen molar-refractivity contribution in [2.75, 3.05) is 14.2 Å². The Morgan fingerprint density at radius 2 is 1.17 bits per heavy atom. The fourth-order valence-electron chi connectivity index (χ4n) is 3.39. The van der Waals surface area contributed by atoms with Crippen LogP contribution in [-0.4, -0.2) is 23.8 Å². The summed E-state index contributed by atoms with van der Waals surface area (Å²) in [5.41, 5.74) is 5.16. The lowest BCUT2D eigenvalue weighted by atomic mass is 10.0. The molecule has 0 aliphatic rings. The SMILES string of the molecule is COc1ccc(-c2nc(-c3ccc(Br)cc3)n(C)c2-c2ccc(OC)cc2)cc1. The molecule has 0 radical (unpaired) electrons. The Morgan fingerprint density at radius 3 is 1.69 bits per heavy atom. The lowest BCUT2D eigenvalue weighted by Gasteiger charge is -2.09. The van der Waals surface area contributed by atoms with Gasteiger partial charge in [-0.15, -0.1) is 0 Å². The van der Waals surface area contributed by atoms with Gasteiger partial charge in [0.05, 0.1) is 25.6 Å². The van der Waals surface area contributed by atoms with Gasteiger partial charge in [-0.2, -0.15) is 0 Å². The molecule has 0 saturated carbocycles. The van der Waals surface area contributed by atoms with Crippen LogP contribution < -0.4 is 9.47 Å². The van der Waals surface area contributed by atoms with Gasteiger partial charge in [0.1, 0.15) is 17.3 Å². The number of ether oxygens (including phenoxy) is 2. The van der Waals surface area contributed by atoms with Gasteiger partial charge in [0.25, 0.3) is 0 Å². The zero-order valence-electron chi connectivity index (χ0n) is 16.5. The van der Waals surface area contributed by atoms with E-state index in [4.69, 9.17) is 14.5 Å². The summed E-state index contributed by atoms with van der Waals surface area (Å²) in [7, 11) is 5.40. The van der Waals surface area contributed by atoms with Crippen molar-refractivity contribution in [3.63, 3.8) is 0 Å². The maximum absolute atomic E-state index is 5.32. The van der Waals surface area contributed by atoms with E-state index in [0.717, 1.165) is 49.9 Å². The average Bonchev–Trinajstić information content (AvgIpc) is 3.11. The van der Waals surface area contributed by atoms with Crippen LogP contribution in [0.2, 0.25) is 0 Å². The summed E-state index contributed by atoms with van der Waals surface area (Å²) in [5.74, 6) is 2.56. The van der Waals surface area contributed by atoms with Crippen molar-refractivity contribution >= 4 is 15.9 Å².